The first-order valence-corrected chi connectivity index (χ1v) is 11.3. The van der Waals surface area contributed by atoms with Gasteiger partial charge in [-0.05, 0) is 31.2 Å². The number of hydrazone groups is 1. The Morgan fingerprint density at radius 3 is 2.52 bits per heavy atom. The molecule has 1 aromatic heterocycles. The number of para-hydroxylation sites is 1. The summed E-state index contributed by atoms with van der Waals surface area (Å²) in [5.74, 6) is 1.30. The fourth-order valence-corrected chi connectivity index (χ4v) is 3.92. The quantitative estimate of drug-likeness (QED) is 0.239. The second kappa shape index (κ2) is 10.6. The second-order valence-electron chi connectivity index (χ2n) is 7.17. The fraction of sp³-hybridized carbons (Fsp3) is 0.120. The summed E-state index contributed by atoms with van der Waals surface area (Å²) in [6.45, 7) is 2.04. The number of hydrogen-bond donors (Lipinski definition) is 1. The Balaban J connectivity index is 1.50. The third kappa shape index (κ3) is 5.48. The van der Waals surface area contributed by atoms with Crippen molar-refractivity contribution in [3.8, 4) is 22.8 Å². The molecule has 4 aromatic rings. The summed E-state index contributed by atoms with van der Waals surface area (Å²) in [7, 11) is 1.59. The number of nitrogens with one attached hydrogen (secondary N) is 1. The van der Waals surface area contributed by atoms with Crippen molar-refractivity contribution in [2.24, 2.45) is 5.10 Å². The van der Waals surface area contributed by atoms with Gasteiger partial charge < -0.3 is 4.74 Å². The van der Waals surface area contributed by atoms with Crippen molar-refractivity contribution in [2.45, 2.75) is 12.1 Å². The molecule has 0 aliphatic carbocycles. The number of amides is 1. The van der Waals surface area contributed by atoms with Crippen LogP contribution >= 0.6 is 11.8 Å². The highest BCUT2D eigenvalue weighted by atomic mass is 32.2. The van der Waals surface area contributed by atoms with Gasteiger partial charge in [-0.3, -0.25) is 9.36 Å². The number of methoxy groups -OCH3 is 1. The summed E-state index contributed by atoms with van der Waals surface area (Å²) in [5.41, 5.74) is 6.37. The van der Waals surface area contributed by atoms with E-state index in [0.717, 1.165) is 28.2 Å². The Bertz CT molecular complexity index is 1250. The van der Waals surface area contributed by atoms with Crippen LogP contribution < -0.4 is 10.2 Å². The maximum Gasteiger partial charge on any atom is 0.250 e. The zero-order valence-corrected chi connectivity index (χ0v) is 19.1. The average Bonchev–Trinajstić information content (AvgIpc) is 3.28. The van der Waals surface area contributed by atoms with Crippen LogP contribution in [0.4, 0.5) is 0 Å². The van der Waals surface area contributed by atoms with Gasteiger partial charge in [0, 0.05) is 16.8 Å². The van der Waals surface area contributed by atoms with Gasteiger partial charge in [0.15, 0.2) is 11.0 Å². The average molecular weight is 458 g/mol. The summed E-state index contributed by atoms with van der Waals surface area (Å²) >= 11 is 1.30. The minimum Gasteiger partial charge on any atom is -0.496 e. The number of rotatable bonds is 8. The van der Waals surface area contributed by atoms with Crippen molar-refractivity contribution in [1.82, 2.24) is 20.2 Å². The van der Waals surface area contributed by atoms with E-state index in [1.165, 1.54) is 11.8 Å². The van der Waals surface area contributed by atoms with Crippen molar-refractivity contribution >= 4 is 23.9 Å². The van der Waals surface area contributed by atoms with Gasteiger partial charge in [-0.1, -0.05) is 71.9 Å². The molecule has 0 unspecified atom stereocenters. The standard InChI is InChI=1S/C25H23N5O2S/c1-18-12-14-21(15-13-18)30-24(19-8-4-3-5-9-19)28-29-25(30)33-17-23(31)27-26-16-20-10-6-7-11-22(20)32-2/h3-16H,17H2,1-2H3,(H,27,31). The van der Waals surface area contributed by atoms with Gasteiger partial charge in [-0.25, -0.2) is 5.43 Å². The Morgan fingerprint density at radius 2 is 1.76 bits per heavy atom. The third-order valence-electron chi connectivity index (χ3n) is 4.82. The Labute approximate surface area is 196 Å². The van der Waals surface area contributed by atoms with E-state index in [1.54, 1.807) is 13.3 Å². The minimum absolute atomic E-state index is 0.141. The van der Waals surface area contributed by atoms with E-state index in [1.807, 2.05) is 90.4 Å². The van der Waals surface area contributed by atoms with Gasteiger partial charge in [0.05, 0.1) is 19.1 Å². The number of nitrogens with zero attached hydrogens (tertiary/aromatic N) is 4. The number of aromatic nitrogens is 3. The highest BCUT2D eigenvalue weighted by molar-refractivity contribution is 7.99. The van der Waals surface area contributed by atoms with Gasteiger partial charge in [0.25, 0.3) is 5.91 Å². The van der Waals surface area contributed by atoms with Gasteiger partial charge in [-0.2, -0.15) is 5.10 Å². The van der Waals surface area contributed by atoms with Crippen molar-refractivity contribution in [1.29, 1.82) is 0 Å². The largest absolute Gasteiger partial charge is 0.496 e. The number of hydrogen-bond acceptors (Lipinski definition) is 6. The molecule has 0 saturated heterocycles. The Hall–Kier alpha value is -3.91. The summed E-state index contributed by atoms with van der Waals surface area (Å²) in [5, 5.41) is 13.4. The molecule has 1 amide bonds. The number of aryl methyl sites for hydroxylation is 1. The molecule has 4 rings (SSSR count). The SMILES string of the molecule is COc1ccccc1C=NNC(=O)CSc1nnc(-c2ccccc2)n1-c1ccc(C)cc1. The summed E-state index contributed by atoms with van der Waals surface area (Å²) < 4.78 is 7.25. The van der Waals surface area contributed by atoms with Gasteiger partial charge >= 0.3 is 0 Å². The van der Waals surface area contributed by atoms with Crippen LogP contribution in [0.5, 0.6) is 5.75 Å². The fourth-order valence-electron chi connectivity index (χ4n) is 3.17. The van der Waals surface area contributed by atoms with Crippen LogP contribution in [0.3, 0.4) is 0 Å². The van der Waals surface area contributed by atoms with Crippen molar-refractivity contribution in [2.75, 3.05) is 12.9 Å². The number of benzene rings is 3. The molecule has 0 aliphatic rings. The molecule has 0 radical (unpaired) electrons. The first kappa shape index (κ1) is 22.3. The Kier molecular flexibility index (Phi) is 7.16. The van der Waals surface area contributed by atoms with E-state index in [2.05, 4.69) is 20.7 Å². The molecule has 3 aromatic carbocycles. The predicted molar refractivity (Wildman–Crippen MR) is 131 cm³/mol. The summed E-state index contributed by atoms with van der Waals surface area (Å²) in [6, 6.07) is 25.4. The molecule has 33 heavy (non-hydrogen) atoms. The van der Waals surface area contributed by atoms with E-state index in [0.29, 0.717) is 10.9 Å². The summed E-state index contributed by atoms with van der Waals surface area (Å²) in [4.78, 5) is 12.4. The lowest BCUT2D eigenvalue weighted by Gasteiger charge is -2.10. The smallest absolute Gasteiger partial charge is 0.250 e. The first-order chi connectivity index (χ1) is 16.2. The van der Waals surface area contributed by atoms with Gasteiger partial charge in [0.2, 0.25) is 0 Å². The van der Waals surface area contributed by atoms with Crippen molar-refractivity contribution < 1.29 is 9.53 Å². The van der Waals surface area contributed by atoms with Crippen molar-refractivity contribution in [3.05, 3.63) is 90.0 Å². The molecule has 0 saturated carbocycles. The third-order valence-corrected chi connectivity index (χ3v) is 5.75. The van der Waals surface area contributed by atoms with Crippen LogP contribution in [0.1, 0.15) is 11.1 Å². The molecule has 0 aliphatic heterocycles. The molecule has 0 bridgehead atoms. The molecule has 7 nitrogen and oxygen atoms in total. The zero-order valence-electron chi connectivity index (χ0n) is 18.3. The van der Waals surface area contributed by atoms with Gasteiger partial charge in [-0.15, -0.1) is 10.2 Å². The number of carbonyl (C=O) groups is 1. The normalized spacial score (nSPS) is 11.0. The molecule has 1 N–H and O–H groups in total. The van der Waals surface area contributed by atoms with Crippen LogP contribution in [0.2, 0.25) is 0 Å². The van der Waals surface area contributed by atoms with E-state index in [-0.39, 0.29) is 11.7 Å². The maximum atomic E-state index is 12.4. The molecule has 1 heterocycles. The molecule has 0 spiro atoms. The second-order valence-corrected chi connectivity index (χ2v) is 8.11. The molecule has 166 valence electrons. The molecular weight excluding hydrogens is 434 g/mol. The zero-order chi connectivity index (χ0) is 23.0. The highest BCUT2D eigenvalue weighted by Gasteiger charge is 2.17. The minimum atomic E-state index is -0.245. The maximum absolute atomic E-state index is 12.4. The van der Waals surface area contributed by atoms with Crippen molar-refractivity contribution in [3.63, 3.8) is 0 Å². The number of ether oxygens (including phenoxy) is 1. The van der Waals surface area contributed by atoms with Crippen LogP contribution in [-0.4, -0.2) is 39.7 Å². The van der Waals surface area contributed by atoms with E-state index < -0.39 is 0 Å². The summed E-state index contributed by atoms with van der Waals surface area (Å²) in [6.07, 6.45) is 1.56. The number of carbonyl (C=O) groups excluding carboxylic acids is 1. The van der Waals surface area contributed by atoms with E-state index >= 15 is 0 Å². The van der Waals surface area contributed by atoms with Crippen LogP contribution in [-0.2, 0) is 4.79 Å². The lowest BCUT2D eigenvalue weighted by molar-refractivity contribution is -0.118. The first-order valence-electron chi connectivity index (χ1n) is 10.3. The van der Waals surface area contributed by atoms with Gasteiger partial charge in [0.1, 0.15) is 5.75 Å². The monoisotopic (exact) mass is 457 g/mol. The molecular formula is C25H23N5O2S. The van der Waals surface area contributed by atoms with E-state index in [9.17, 15) is 4.79 Å². The lowest BCUT2D eigenvalue weighted by Crippen LogP contribution is -2.20. The van der Waals surface area contributed by atoms with Crippen LogP contribution in [0.25, 0.3) is 17.1 Å². The van der Waals surface area contributed by atoms with E-state index in [4.69, 9.17) is 4.74 Å². The molecule has 8 heteroatoms. The topological polar surface area (TPSA) is 81.4 Å². The lowest BCUT2D eigenvalue weighted by atomic mass is 10.2. The molecule has 0 atom stereocenters. The predicted octanol–water partition coefficient (Wildman–Crippen LogP) is 4.49. The Morgan fingerprint density at radius 1 is 1.03 bits per heavy atom. The highest BCUT2D eigenvalue weighted by Crippen LogP contribution is 2.28. The van der Waals surface area contributed by atoms with Crippen LogP contribution in [0.15, 0.2) is 89.1 Å². The number of thioether (sulfide) groups is 1. The molecule has 0 fully saturated rings. The van der Waals surface area contributed by atoms with Crippen LogP contribution in [0, 0.1) is 6.92 Å².